The van der Waals surface area contributed by atoms with Crippen molar-refractivity contribution >= 4 is 5.78 Å². The molecular weight excluding hydrogens is 246 g/mol. The number of pyridine rings is 1. The van der Waals surface area contributed by atoms with Crippen molar-refractivity contribution in [2.24, 2.45) is 11.3 Å². The molecule has 3 rings (SSSR count). The van der Waals surface area contributed by atoms with Crippen LogP contribution in [0.25, 0.3) is 0 Å². The minimum atomic E-state index is -0.209. The predicted octanol–water partition coefficient (Wildman–Crippen LogP) is 4.36. The average Bonchev–Trinajstić information content (AvgIpc) is 2.45. The van der Waals surface area contributed by atoms with Crippen molar-refractivity contribution in [2.75, 3.05) is 0 Å². The Bertz CT molecular complexity index is 512. The number of ketones is 1. The minimum absolute atomic E-state index is 0.209. The molecule has 20 heavy (non-hydrogen) atoms. The molecule has 1 heterocycles. The van der Waals surface area contributed by atoms with Gasteiger partial charge in [0.2, 0.25) is 0 Å². The second-order valence-corrected chi connectivity index (χ2v) is 7.22. The summed E-state index contributed by atoms with van der Waals surface area (Å²) in [4.78, 5) is 17.2. The quantitative estimate of drug-likeness (QED) is 0.800. The SMILES string of the molecule is CC1(C)CCc2nc(CC3CCCCC3)ccc2C1=O. The van der Waals surface area contributed by atoms with Gasteiger partial charge in [-0.1, -0.05) is 46.0 Å². The van der Waals surface area contributed by atoms with Crippen molar-refractivity contribution in [2.45, 2.75) is 65.2 Å². The van der Waals surface area contributed by atoms with Gasteiger partial charge in [0.1, 0.15) is 0 Å². The Morgan fingerprint density at radius 2 is 1.95 bits per heavy atom. The summed E-state index contributed by atoms with van der Waals surface area (Å²) in [5.41, 5.74) is 2.90. The third kappa shape index (κ3) is 2.65. The van der Waals surface area contributed by atoms with Gasteiger partial charge in [-0.25, -0.2) is 0 Å². The monoisotopic (exact) mass is 271 g/mol. The maximum Gasteiger partial charge on any atom is 0.170 e. The van der Waals surface area contributed by atoms with Gasteiger partial charge in [-0.15, -0.1) is 0 Å². The normalized spacial score (nSPS) is 22.6. The number of hydrogen-bond donors (Lipinski definition) is 0. The summed E-state index contributed by atoms with van der Waals surface area (Å²) in [6, 6.07) is 4.12. The molecule has 1 aromatic rings. The summed E-state index contributed by atoms with van der Waals surface area (Å²) in [6.45, 7) is 4.10. The first kappa shape index (κ1) is 13.8. The van der Waals surface area contributed by atoms with Crippen LogP contribution in [0.3, 0.4) is 0 Å². The summed E-state index contributed by atoms with van der Waals surface area (Å²) in [6.07, 6.45) is 9.84. The lowest BCUT2D eigenvalue weighted by atomic mass is 9.74. The molecule has 0 N–H and O–H groups in total. The van der Waals surface area contributed by atoms with Crippen molar-refractivity contribution in [3.63, 3.8) is 0 Å². The number of rotatable bonds is 2. The van der Waals surface area contributed by atoms with Crippen LogP contribution in [-0.2, 0) is 12.8 Å². The Kier molecular flexibility index (Phi) is 3.66. The molecule has 0 amide bonds. The zero-order chi connectivity index (χ0) is 14.2. The van der Waals surface area contributed by atoms with Gasteiger partial charge in [0.25, 0.3) is 0 Å². The highest BCUT2D eigenvalue weighted by atomic mass is 16.1. The van der Waals surface area contributed by atoms with Gasteiger partial charge >= 0.3 is 0 Å². The van der Waals surface area contributed by atoms with Crippen LogP contribution in [-0.4, -0.2) is 10.8 Å². The third-order valence-electron chi connectivity index (χ3n) is 5.10. The van der Waals surface area contributed by atoms with Crippen LogP contribution < -0.4 is 0 Å². The molecule has 2 heteroatoms. The van der Waals surface area contributed by atoms with Crippen LogP contribution in [0.4, 0.5) is 0 Å². The number of hydrogen-bond acceptors (Lipinski definition) is 2. The van der Waals surface area contributed by atoms with E-state index in [1.807, 2.05) is 19.9 Å². The fourth-order valence-electron chi connectivity index (χ4n) is 3.65. The first-order chi connectivity index (χ1) is 9.56. The molecule has 0 aliphatic heterocycles. The molecule has 2 nitrogen and oxygen atoms in total. The van der Waals surface area contributed by atoms with Crippen LogP contribution in [0.5, 0.6) is 0 Å². The molecule has 0 spiro atoms. The van der Waals surface area contributed by atoms with Gasteiger partial charge in [-0.3, -0.25) is 9.78 Å². The maximum atomic E-state index is 12.4. The molecule has 0 aromatic carbocycles. The van der Waals surface area contributed by atoms with E-state index < -0.39 is 0 Å². The summed E-state index contributed by atoms with van der Waals surface area (Å²) in [7, 11) is 0. The lowest BCUT2D eigenvalue weighted by molar-refractivity contribution is 0.0809. The standard InChI is InChI=1S/C18H25NO/c1-18(2)11-10-16-15(17(18)20)9-8-14(19-16)12-13-6-4-3-5-7-13/h8-9,13H,3-7,10-12H2,1-2H3. The lowest BCUT2D eigenvalue weighted by Crippen LogP contribution is -2.31. The van der Waals surface area contributed by atoms with Gasteiger partial charge in [0.05, 0.1) is 5.69 Å². The average molecular weight is 271 g/mol. The molecule has 2 aliphatic rings. The lowest BCUT2D eigenvalue weighted by Gasteiger charge is -2.29. The number of Topliss-reactive ketones (excluding diaryl/α,β-unsaturated/α-hetero) is 1. The molecule has 0 bridgehead atoms. The fourth-order valence-corrected chi connectivity index (χ4v) is 3.65. The van der Waals surface area contributed by atoms with Gasteiger partial charge in [-0.2, -0.15) is 0 Å². The Morgan fingerprint density at radius 1 is 1.20 bits per heavy atom. The zero-order valence-electron chi connectivity index (χ0n) is 12.7. The van der Waals surface area contributed by atoms with E-state index in [0.717, 1.165) is 36.4 Å². The van der Waals surface area contributed by atoms with Crippen LogP contribution >= 0.6 is 0 Å². The molecule has 0 unspecified atom stereocenters. The molecular formula is C18H25NO. The molecule has 1 fully saturated rings. The molecule has 1 aromatic heterocycles. The van der Waals surface area contributed by atoms with Gasteiger partial charge in [0, 0.05) is 16.7 Å². The Balaban J connectivity index is 1.78. The third-order valence-corrected chi connectivity index (χ3v) is 5.10. The van der Waals surface area contributed by atoms with Gasteiger partial charge in [0.15, 0.2) is 5.78 Å². The van der Waals surface area contributed by atoms with Crippen molar-refractivity contribution in [1.82, 2.24) is 4.98 Å². The predicted molar refractivity (Wildman–Crippen MR) is 80.9 cm³/mol. The number of aryl methyl sites for hydroxylation is 1. The highest BCUT2D eigenvalue weighted by Crippen LogP contribution is 2.34. The number of nitrogens with zero attached hydrogens (tertiary/aromatic N) is 1. The summed E-state index contributed by atoms with van der Waals surface area (Å²) >= 11 is 0. The van der Waals surface area contributed by atoms with E-state index in [1.165, 1.54) is 37.8 Å². The smallest absolute Gasteiger partial charge is 0.170 e. The van der Waals surface area contributed by atoms with E-state index in [1.54, 1.807) is 0 Å². The molecule has 108 valence electrons. The largest absolute Gasteiger partial charge is 0.294 e. The summed E-state index contributed by atoms with van der Waals surface area (Å²) in [5.74, 6) is 1.08. The molecule has 2 aliphatic carbocycles. The van der Waals surface area contributed by atoms with E-state index in [4.69, 9.17) is 4.98 Å². The number of aromatic nitrogens is 1. The number of carbonyl (C=O) groups is 1. The maximum absolute atomic E-state index is 12.4. The first-order valence-corrected chi connectivity index (χ1v) is 8.10. The first-order valence-electron chi connectivity index (χ1n) is 8.10. The summed E-state index contributed by atoms with van der Waals surface area (Å²) in [5, 5.41) is 0. The Labute approximate surface area is 122 Å². The van der Waals surface area contributed by atoms with E-state index >= 15 is 0 Å². The van der Waals surface area contributed by atoms with E-state index in [0.29, 0.717) is 0 Å². The van der Waals surface area contributed by atoms with Crippen molar-refractivity contribution in [3.05, 3.63) is 29.1 Å². The molecule has 0 atom stereocenters. The highest BCUT2D eigenvalue weighted by molar-refractivity contribution is 6.01. The fraction of sp³-hybridized carbons (Fsp3) is 0.667. The van der Waals surface area contributed by atoms with Gasteiger partial charge < -0.3 is 0 Å². The topological polar surface area (TPSA) is 30.0 Å². The Morgan fingerprint density at radius 3 is 2.70 bits per heavy atom. The second kappa shape index (κ2) is 5.31. The van der Waals surface area contributed by atoms with Crippen molar-refractivity contribution in [1.29, 1.82) is 0 Å². The van der Waals surface area contributed by atoms with Crippen LogP contribution in [0.1, 0.15) is 74.1 Å². The number of carbonyl (C=O) groups excluding carboxylic acids is 1. The molecule has 1 saturated carbocycles. The van der Waals surface area contributed by atoms with Crippen molar-refractivity contribution in [3.8, 4) is 0 Å². The van der Waals surface area contributed by atoms with Gasteiger partial charge in [-0.05, 0) is 37.3 Å². The summed E-state index contributed by atoms with van der Waals surface area (Å²) < 4.78 is 0. The van der Waals surface area contributed by atoms with E-state index in [-0.39, 0.29) is 11.2 Å². The molecule has 0 radical (unpaired) electrons. The zero-order valence-corrected chi connectivity index (χ0v) is 12.7. The Hall–Kier alpha value is -1.18. The van der Waals surface area contributed by atoms with E-state index in [2.05, 4.69) is 6.07 Å². The van der Waals surface area contributed by atoms with E-state index in [9.17, 15) is 4.79 Å². The van der Waals surface area contributed by atoms with Crippen LogP contribution in [0, 0.1) is 11.3 Å². The van der Waals surface area contributed by atoms with Crippen LogP contribution in [0.2, 0.25) is 0 Å². The minimum Gasteiger partial charge on any atom is -0.294 e. The highest BCUT2D eigenvalue weighted by Gasteiger charge is 2.34. The second-order valence-electron chi connectivity index (χ2n) is 7.22. The van der Waals surface area contributed by atoms with Crippen molar-refractivity contribution < 1.29 is 4.79 Å². The number of fused-ring (bicyclic) bond motifs is 1. The molecule has 0 saturated heterocycles. The van der Waals surface area contributed by atoms with Crippen LogP contribution in [0.15, 0.2) is 12.1 Å².